The van der Waals surface area contributed by atoms with Crippen molar-refractivity contribution in [2.24, 2.45) is 7.05 Å². The first-order valence-corrected chi connectivity index (χ1v) is 8.71. The quantitative estimate of drug-likeness (QED) is 0.668. The molecule has 3 heterocycles. The second kappa shape index (κ2) is 7.34. The number of pyridine rings is 1. The summed E-state index contributed by atoms with van der Waals surface area (Å²) in [4.78, 5) is 4.27. The molecule has 1 aliphatic heterocycles. The molecule has 6 nitrogen and oxygen atoms in total. The van der Waals surface area contributed by atoms with Crippen molar-refractivity contribution in [1.82, 2.24) is 14.8 Å². The maximum absolute atomic E-state index is 9.58. The third-order valence-electron chi connectivity index (χ3n) is 4.24. The molecular weight excluding hydrogens is 340 g/mol. The largest absolute Gasteiger partial charge is 0.490 e. The van der Waals surface area contributed by atoms with Crippen LogP contribution >= 0.6 is 0 Å². The van der Waals surface area contributed by atoms with Crippen LogP contribution in [0.2, 0.25) is 0 Å². The molecule has 0 spiro atoms. The first-order chi connectivity index (χ1) is 13.2. The first-order valence-electron chi connectivity index (χ1n) is 8.71. The first kappa shape index (κ1) is 16.9. The second-order valence-electron chi connectivity index (χ2n) is 6.20. The van der Waals surface area contributed by atoms with Crippen LogP contribution in [0.15, 0.2) is 48.8 Å². The van der Waals surface area contributed by atoms with E-state index in [0.717, 1.165) is 34.7 Å². The maximum Gasteiger partial charge on any atom is 0.161 e. The van der Waals surface area contributed by atoms with E-state index in [9.17, 15) is 5.26 Å². The van der Waals surface area contributed by atoms with Gasteiger partial charge in [-0.3, -0.25) is 9.67 Å². The average molecular weight is 358 g/mol. The molecule has 6 heteroatoms. The van der Waals surface area contributed by atoms with Crippen LogP contribution in [0.4, 0.5) is 0 Å². The van der Waals surface area contributed by atoms with Gasteiger partial charge < -0.3 is 9.47 Å². The Balaban J connectivity index is 1.77. The molecule has 4 rings (SSSR count). The Kier molecular flexibility index (Phi) is 4.58. The van der Waals surface area contributed by atoms with Gasteiger partial charge >= 0.3 is 0 Å². The van der Waals surface area contributed by atoms with E-state index in [-0.39, 0.29) is 0 Å². The number of nitrogens with zero attached hydrogens (tertiary/aromatic N) is 4. The van der Waals surface area contributed by atoms with Crippen LogP contribution in [0.25, 0.3) is 22.9 Å². The molecule has 0 aliphatic carbocycles. The third-order valence-corrected chi connectivity index (χ3v) is 4.24. The summed E-state index contributed by atoms with van der Waals surface area (Å²) < 4.78 is 13.2. The van der Waals surface area contributed by atoms with Gasteiger partial charge in [0.05, 0.1) is 30.2 Å². The minimum atomic E-state index is 0.485. The highest BCUT2D eigenvalue weighted by molar-refractivity contribution is 5.91. The Morgan fingerprint density at radius 2 is 2.04 bits per heavy atom. The molecule has 3 aromatic rings. The van der Waals surface area contributed by atoms with Crippen molar-refractivity contribution < 1.29 is 9.47 Å². The number of nitriles is 1. The van der Waals surface area contributed by atoms with Crippen LogP contribution in [-0.4, -0.2) is 28.0 Å². The zero-order valence-electron chi connectivity index (χ0n) is 14.9. The SMILES string of the molecule is Cn1cc(/C=C(\C#N)c2ccccn2)c(-c2ccc3c(c2)OCCCO3)n1. The summed E-state index contributed by atoms with van der Waals surface area (Å²) in [5.41, 5.74) is 3.64. The average Bonchev–Trinajstić information content (AvgIpc) is 2.91. The second-order valence-corrected chi connectivity index (χ2v) is 6.20. The van der Waals surface area contributed by atoms with Crippen LogP contribution in [0.3, 0.4) is 0 Å². The minimum absolute atomic E-state index is 0.485. The highest BCUT2D eigenvalue weighted by Crippen LogP contribution is 2.35. The van der Waals surface area contributed by atoms with Crippen molar-refractivity contribution in [2.45, 2.75) is 6.42 Å². The lowest BCUT2D eigenvalue weighted by molar-refractivity contribution is 0.297. The van der Waals surface area contributed by atoms with Crippen molar-refractivity contribution in [3.63, 3.8) is 0 Å². The summed E-state index contributed by atoms with van der Waals surface area (Å²) >= 11 is 0. The number of aromatic nitrogens is 3. The van der Waals surface area contributed by atoms with Crippen LogP contribution < -0.4 is 9.47 Å². The molecule has 0 radical (unpaired) electrons. The van der Waals surface area contributed by atoms with E-state index < -0.39 is 0 Å². The van der Waals surface area contributed by atoms with E-state index in [2.05, 4.69) is 16.2 Å². The number of fused-ring (bicyclic) bond motifs is 1. The summed E-state index contributed by atoms with van der Waals surface area (Å²) in [6, 6.07) is 13.5. The van der Waals surface area contributed by atoms with Gasteiger partial charge in [0.2, 0.25) is 0 Å². The number of allylic oxidation sites excluding steroid dienone is 1. The maximum atomic E-state index is 9.58. The van der Waals surface area contributed by atoms with Gasteiger partial charge in [0.25, 0.3) is 0 Å². The monoisotopic (exact) mass is 358 g/mol. The number of aryl methyl sites for hydroxylation is 1. The molecule has 0 atom stereocenters. The lowest BCUT2D eigenvalue weighted by Gasteiger charge is -2.09. The topological polar surface area (TPSA) is 73.0 Å². The van der Waals surface area contributed by atoms with Gasteiger partial charge in [-0.2, -0.15) is 10.4 Å². The number of benzene rings is 1. The number of ether oxygens (including phenoxy) is 2. The molecule has 0 fully saturated rings. The summed E-state index contributed by atoms with van der Waals surface area (Å²) in [5, 5.41) is 14.2. The Bertz CT molecular complexity index is 1030. The summed E-state index contributed by atoms with van der Waals surface area (Å²) in [5.74, 6) is 1.46. The Morgan fingerprint density at radius 1 is 1.19 bits per heavy atom. The molecule has 27 heavy (non-hydrogen) atoms. The molecule has 0 saturated heterocycles. The fourth-order valence-electron chi connectivity index (χ4n) is 2.99. The zero-order chi connectivity index (χ0) is 18.6. The molecule has 0 bridgehead atoms. The molecule has 2 aromatic heterocycles. The molecular formula is C21H18N4O2. The van der Waals surface area contributed by atoms with Gasteiger partial charge in [0.15, 0.2) is 11.5 Å². The minimum Gasteiger partial charge on any atom is -0.490 e. The predicted octanol–water partition coefficient (Wildman–Crippen LogP) is 3.71. The molecule has 0 unspecified atom stereocenters. The van der Waals surface area contributed by atoms with E-state index in [0.29, 0.717) is 24.5 Å². The van der Waals surface area contributed by atoms with Gasteiger partial charge in [0, 0.05) is 37.0 Å². The standard InChI is InChI=1S/C21H18N4O2/c1-25-14-17(11-16(13-22)18-5-2-3-8-23-18)21(24-25)15-6-7-19-20(12-15)27-10-4-9-26-19/h2-3,5-8,11-12,14H,4,9-10H2,1H3/b16-11+. The molecule has 1 aromatic carbocycles. The van der Waals surface area contributed by atoms with E-state index in [4.69, 9.17) is 9.47 Å². The van der Waals surface area contributed by atoms with Crippen molar-refractivity contribution in [2.75, 3.05) is 13.2 Å². The van der Waals surface area contributed by atoms with E-state index in [1.807, 2.05) is 55.7 Å². The van der Waals surface area contributed by atoms with Crippen LogP contribution in [-0.2, 0) is 7.05 Å². The molecule has 0 saturated carbocycles. The van der Waals surface area contributed by atoms with Crippen LogP contribution in [0, 0.1) is 11.3 Å². The molecule has 1 aliphatic rings. The summed E-state index contributed by atoms with van der Waals surface area (Å²) in [6.07, 6.45) is 6.23. The Labute approximate surface area is 157 Å². The summed E-state index contributed by atoms with van der Waals surface area (Å²) in [7, 11) is 1.86. The van der Waals surface area contributed by atoms with E-state index >= 15 is 0 Å². The van der Waals surface area contributed by atoms with Crippen LogP contribution in [0.1, 0.15) is 17.7 Å². The van der Waals surface area contributed by atoms with Gasteiger partial charge in [0.1, 0.15) is 6.07 Å². The predicted molar refractivity (Wildman–Crippen MR) is 102 cm³/mol. The van der Waals surface area contributed by atoms with Gasteiger partial charge in [-0.05, 0) is 36.4 Å². The van der Waals surface area contributed by atoms with Crippen molar-refractivity contribution in [3.8, 4) is 28.8 Å². The molecule has 134 valence electrons. The lowest BCUT2D eigenvalue weighted by Crippen LogP contribution is -1.97. The number of hydrogen-bond donors (Lipinski definition) is 0. The number of rotatable bonds is 3. The molecule has 0 amide bonds. The lowest BCUT2D eigenvalue weighted by atomic mass is 10.0. The van der Waals surface area contributed by atoms with Crippen molar-refractivity contribution >= 4 is 11.6 Å². The Hall–Kier alpha value is -3.59. The van der Waals surface area contributed by atoms with Crippen molar-refractivity contribution in [3.05, 3.63) is 60.0 Å². The zero-order valence-corrected chi connectivity index (χ0v) is 14.9. The Morgan fingerprint density at radius 3 is 2.81 bits per heavy atom. The smallest absolute Gasteiger partial charge is 0.161 e. The van der Waals surface area contributed by atoms with Crippen molar-refractivity contribution in [1.29, 1.82) is 5.26 Å². The number of hydrogen-bond acceptors (Lipinski definition) is 5. The third kappa shape index (κ3) is 3.53. The van der Waals surface area contributed by atoms with E-state index in [1.165, 1.54) is 0 Å². The fourth-order valence-corrected chi connectivity index (χ4v) is 2.99. The highest BCUT2D eigenvalue weighted by Gasteiger charge is 2.15. The fraction of sp³-hybridized carbons (Fsp3) is 0.190. The van der Waals surface area contributed by atoms with Gasteiger partial charge in [-0.25, -0.2) is 0 Å². The van der Waals surface area contributed by atoms with Crippen LogP contribution in [0.5, 0.6) is 11.5 Å². The normalized spacial score (nSPS) is 13.7. The summed E-state index contributed by atoms with van der Waals surface area (Å²) in [6.45, 7) is 1.28. The highest BCUT2D eigenvalue weighted by atomic mass is 16.5. The van der Waals surface area contributed by atoms with Gasteiger partial charge in [-0.1, -0.05) is 6.07 Å². The molecule has 0 N–H and O–H groups in total. The van der Waals surface area contributed by atoms with Gasteiger partial charge in [-0.15, -0.1) is 0 Å². The van der Waals surface area contributed by atoms with E-state index in [1.54, 1.807) is 10.9 Å².